The molecule has 27 heavy (non-hydrogen) atoms. The lowest BCUT2D eigenvalue weighted by atomic mass is 10.1. The summed E-state index contributed by atoms with van der Waals surface area (Å²) in [5.41, 5.74) is 3.48. The summed E-state index contributed by atoms with van der Waals surface area (Å²) in [6.07, 6.45) is 1.92. The van der Waals surface area contributed by atoms with Crippen molar-refractivity contribution in [1.82, 2.24) is 20.7 Å². The summed E-state index contributed by atoms with van der Waals surface area (Å²) in [5.74, 6) is 1.73. The zero-order valence-electron chi connectivity index (χ0n) is 17.2. The molecule has 0 bridgehead atoms. The fraction of sp³-hybridized carbons (Fsp3) is 0.524. The molecule has 2 aromatic rings. The second kappa shape index (κ2) is 10.7. The number of guanidine groups is 1. The van der Waals surface area contributed by atoms with Gasteiger partial charge in [0.05, 0.1) is 5.69 Å². The monoisotopic (exact) mass is 371 g/mol. The third kappa shape index (κ3) is 6.71. The summed E-state index contributed by atoms with van der Waals surface area (Å²) in [4.78, 5) is 6.68. The molecule has 1 aromatic carbocycles. The number of nitrogens with one attached hydrogen (secondary N) is 2. The second-order valence-electron chi connectivity index (χ2n) is 7.02. The van der Waals surface area contributed by atoms with Gasteiger partial charge in [0.15, 0.2) is 5.96 Å². The minimum Gasteiger partial charge on any atom is -0.361 e. The summed E-state index contributed by atoms with van der Waals surface area (Å²) >= 11 is 0. The van der Waals surface area contributed by atoms with Crippen molar-refractivity contribution in [3.8, 4) is 0 Å². The van der Waals surface area contributed by atoms with E-state index in [1.165, 1.54) is 11.1 Å². The predicted molar refractivity (Wildman–Crippen MR) is 111 cm³/mol. The average Bonchev–Trinajstić information content (AvgIpc) is 2.99. The molecule has 1 heterocycles. The Morgan fingerprint density at radius 3 is 2.52 bits per heavy atom. The fourth-order valence-electron chi connectivity index (χ4n) is 3.03. The molecule has 0 radical (unpaired) electrons. The summed E-state index contributed by atoms with van der Waals surface area (Å²) in [5, 5.41) is 10.8. The van der Waals surface area contributed by atoms with Crippen LogP contribution in [0, 0.1) is 13.8 Å². The molecule has 1 aromatic heterocycles. The lowest BCUT2D eigenvalue weighted by Gasteiger charge is -2.25. The number of nitrogens with zero attached hydrogens (tertiary/aromatic N) is 3. The number of aliphatic imine (C=N–C) groups is 1. The van der Waals surface area contributed by atoms with Crippen LogP contribution in [0.25, 0.3) is 0 Å². The van der Waals surface area contributed by atoms with Gasteiger partial charge < -0.3 is 15.2 Å². The van der Waals surface area contributed by atoms with Crippen LogP contribution in [0.4, 0.5) is 0 Å². The number of aryl methyl sites for hydroxylation is 2. The number of benzene rings is 1. The standard InChI is InChI=1S/C21H33N5O/c1-16(26(5)15-19-9-7-6-8-10-19)11-13-23-21(22-4)24-14-12-20-17(2)25-27-18(20)3/h6-10,16H,11-15H2,1-5H3,(H2,22,23,24). The summed E-state index contributed by atoms with van der Waals surface area (Å²) in [7, 11) is 3.98. The van der Waals surface area contributed by atoms with E-state index in [9.17, 15) is 0 Å². The molecule has 0 aliphatic heterocycles. The molecule has 0 saturated heterocycles. The second-order valence-corrected chi connectivity index (χ2v) is 7.02. The van der Waals surface area contributed by atoms with Crippen molar-refractivity contribution in [3.05, 3.63) is 52.9 Å². The van der Waals surface area contributed by atoms with Gasteiger partial charge in [-0.05, 0) is 46.2 Å². The Bertz CT molecular complexity index is 691. The third-order valence-corrected chi connectivity index (χ3v) is 4.95. The Balaban J connectivity index is 1.68. The van der Waals surface area contributed by atoms with Crippen molar-refractivity contribution < 1.29 is 4.52 Å². The predicted octanol–water partition coefficient (Wildman–Crippen LogP) is 2.91. The van der Waals surface area contributed by atoms with Crippen LogP contribution in [0.2, 0.25) is 0 Å². The van der Waals surface area contributed by atoms with Gasteiger partial charge in [-0.25, -0.2) is 0 Å². The minimum absolute atomic E-state index is 0.484. The SMILES string of the molecule is CN=C(NCCc1c(C)noc1C)NCCC(C)N(C)Cc1ccccc1. The first-order valence-corrected chi connectivity index (χ1v) is 9.61. The highest BCUT2D eigenvalue weighted by atomic mass is 16.5. The van der Waals surface area contributed by atoms with Crippen LogP contribution in [-0.4, -0.2) is 49.2 Å². The first-order valence-electron chi connectivity index (χ1n) is 9.61. The van der Waals surface area contributed by atoms with Crippen molar-refractivity contribution in [3.63, 3.8) is 0 Å². The van der Waals surface area contributed by atoms with Gasteiger partial charge in [-0.1, -0.05) is 35.5 Å². The van der Waals surface area contributed by atoms with Gasteiger partial charge in [-0.15, -0.1) is 0 Å². The van der Waals surface area contributed by atoms with Gasteiger partial charge in [0.2, 0.25) is 0 Å². The van der Waals surface area contributed by atoms with E-state index in [0.717, 1.165) is 49.9 Å². The highest BCUT2D eigenvalue weighted by Crippen LogP contribution is 2.12. The van der Waals surface area contributed by atoms with E-state index in [1.807, 2.05) is 13.8 Å². The minimum atomic E-state index is 0.484. The highest BCUT2D eigenvalue weighted by molar-refractivity contribution is 5.79. The number of hydrogen-bond donors (Lipinski definition) is 2. The zero-order valence-corrected chi connectivity index (χ0v) is 17.2. The molecule has 0 saturated carbocycles. The Labute approximate surface area is 163 Å². The molecule has 1 atom stereocenters. The summed E-state index contributed by atoms with van der Waals surface area (Å²) < 4.78 is 5.21. The lowest BCUT2D eigenvalue weighted by Crippen LogP contribution is -2.40. The molecular weight excluding hydrogens is 338 g/mol. The number of aromatic nitrogens is 1. The van der Waals surface area contributed by atoms with E-state index in [4.69, 9.17) is 4.52 Å². The van der Waals surface area contributed by atoms with Crippen molar-refractivity contribution in [1.29, 1.82) is 0 Å². The molecule has 6 heteroatoms. The Morgan fingerprint density at radius 2 is 1.89 bits per heavy atom. The molecule has 0 amide bonds. The molecule has 0 aliphatic rings. The highest BCUT2D eigenvalue weighted by Gasteiger charge is 2.11. The van der Waals surface area contributed by atoms with E-state index >= 15 is 0 Å². The van der Waals surface area contributed by atoms with Crippen LogP contribution in [0.15, 0.2) is 39.8 Å². The molecule has 0 spiro atoms. The Morgan fingerprint density at radius 1 is 1.19 bits per heavy atom. The first kappa shape index (κ1) is 21.0. The van der Waals surface area contributed by atoms with E-state index in [1.54, 1.807) is 7.05 Å². The van der Waals surface area contributed by atoms with E-state index in [0.29, 0.717) is 6.04 Å². The van der Waals surface area contributed by atoms with Crippen LogP contribution in [-0.2, 0) is 13.0 Å². The fourth-order valence-corrected chi connectivity index (χ4v) is 3.03. The molecule has 2 rings (SSSR count). The smallest absolute Gasteiger partial charge is 0.190 e. The van der Waals surface area contributed by atoms with Crippen LogP contribution in [0.1, 0.15) is 35.9 Å². The maximum atomic E-state index is 5.21. The number of hydrogen-bond acceptors (Lipinski definition) is 4. The lowest BCUT2D eigenvalue weighted by molar-refractivity contribution is 0.238. The van der Waals surface area contributed by atoms with Gasteiger partial charge in [0.25, 0.3) is 0 Å². The number of rotatable bonds is 9. The van der Waals surface area contributed by atoms with E-state index in [-0.39, 0.29) is 0 Å². The zero-order chi connectivity index (χ0) is 19.6. The Kier molecular flexibility index (Phi) is 8.33. The molecule has 0 aliphatic carbocycles. The average molecular weight is 372 g/mol. The molecule has 0 fully saturated rings. The van der Waals surface area contributed by atoms with Crippen molar-refractivity contribution >= 4 is 5.96 Å². The van der Waals surface area contributed by atoms with Gasteiger partial charge in [0.1, 0.15) is 5.76 Å². The van der Waals surface area contributed by atoms with Crippen LogP contribution >= 0.6 is 0 Å². The van der Waals surface area contributed by atoms with Crippen molar-refractivity contribution in [2.24, 2.45) is 4.99 Å². The largest absolute Gasteiger partial charge is 0.361 e. The van der Waals surface area contributed by atoms with Crippen molar-refractivity contribution in [2.75, 3.05) is 27.2 Å². The molecule has 1 unspecified atom stereocenters. The molecular formula is C21H33N5O. The topological polar surface area (TPSA) is 65.7 Å². The summed E-state index contributed by atoms with van der Waals surface area (Å²) in [6, 6.07) is 11.1. The van der Waals surface area contributed by atoms with Crippen LogP contribution in [0.5, 0.6) is 0 Å². The maximum absolute atomic E-state index is 5.21. The van der Waals surface area contributed by atoms with E-state index in [2.05, 4.69) is 70.0 Å². The van der Waals surface area contributed by atoms with Gasteiger partial charge in [0, 0.05) is 38.3 Å². The normalized spacial score (nSPS) is 13.0. The van der Waals surface area contributed by atoms with Gasteiger partial charge in [-0.2, -0.15) is 0 Å². The molecule has 148 valence electrons. The van der Waals surface area contributed by atoms with Gasteiger partial charge >= 0.3 is 0 Å². The van der Waals surface area contributed by atoms with Gasteiger partial charge in [-0.3, -0.25) is 9.89 Å². The third-order valence-electron chi connectivity index (χ3n) is 4.95. The Hall–Kier alpha value is -2.34. The molecule has 2 N–H and O–H groups in total. The first-order chi connectivity index (χ1) is 13.0. The molecule has 6 nitrogen and oxygen atoms in total. The van der Waals surface area contributed by atoms with E-state index < -0.39 is 0 Å². The maximum Gasteiger partial charge on any atom is 0.190 e. The quantitative estimate of drug-likeness (QED) is 0.524. The van der Waals surface area contributed by atoms with Crippen molar-refractivity contribution in [2.45, 2.75) is 46.2 Å². The van der Waals surface area contributed by atoms with Crippen LogP contribution in [0.3, 0.4) is 0 Å². The summed E-state index contributed by atoms with van der Waals surface area (Å²) in [6.45, 7) is 8.84. The van der Waals surface area contributed by atoms with Crippen LogP contribution < -0.4 is 10.6 Å².